The van der Waals surface area contributed by atoms with E-state index in [0.29, 0.717) is 5.13 Å². The number of carbonyl (C=O) groups is 1. The number of aromatic amines is 1. The summed E-state index contributed by atoms with van der Waals surface area (Å²) >= 11 is 1.50. The second-order valence-electron chi connectivity index (χ2n) is 4.53. The van der Waals surface area contributed by atoms with Crippen LogP contribution in [0, 0.1) is 12.8 Å². The Bertz CT molecular complexity index is 574. The van der Waals surface area contributed by atoms with Crippen LogP contribution in [0.1, 0.15) is 22.7 Å². The van der Waals surface area contributed by atoms with Gasteiger partial charge in [0.1, 0.15) is 0 Å². The molecule has 94 valence electrons. The van der Waals surface area contributed by atoms with Crippen LogP contribution in [0.2, 0.25) is 0 Å². The van der Waals surface area contributed by atoms with E-state index < -0.39 is 0 Å². The lowest BCUT2D eigenvalue weighted by Gasteiger charge is -2.19. The molecule has 0 aromatic carbocycles. The normalized spacial score (nSPS) is 18.4. The molecule has 2 aromatic rings. The van der Waals surface area contributed by atoms with Gasteiger partial charge in [0.05, 0.1) is 12.0 Å². The smallest absolute Gasteiger partial charge is 0.229 e. The van der Waals surface area contributed by atoms with Crippen LogP contribution in [0.5, 0.6) is 0 Å². The molecule has 2 aromatic heterocycles. The third kappa shape index (κ3) is 2.15. The van der Waals surface area contributed by atoms with Crippen molar-refractivity contribution in [3.8, 4) is 0 Å². The summed E-state index contributed by atoms with van der Waals surface area (Å²) in [6.45, 7) is 1.98. The van der Waals surface area contributed by atoms with Crippen molar-refractivity contribution < 1.29 is 4.79 Å². The van der Waals surface area contributed by atoms with E-state index in [1.165, 1.54) is 11.3 Å². The first-order valence-corrected chi connectivity index (χ1v) is 6.78. The molecule has 1 aliphatic carbocycles. The predicted molar refractivity (Wildman–Crippen MR) is 69.6 cm³/mol. The lowest BCUT2D eigenvalue weighted by atomic mass is 9.89. The molecule has 18 heavy (non-hydrogen) atoms. The fourth-order valence-electron chi connectivity index (χ4n) is 2.24. The first-order valence-electron chi connectivity index (χ1n) is 5.97. The monoisotopic (exact) mass is 262 g/mol. The van der Waals surface area contributed by atoms with Crippen molar-refractivity contribution in [3.05, 3.63) is 28.8 Å². The Morgan fingerprint density at radius 1 is 1.56 bits per heavy atom. The zero-order chi connectivity index (χ0) is 12.5. The number of imidazole rings is 1. The highest BCUT2D eigenvalue weighted by Gasteiger charge is 2.26. The van der Waals surface area contributed by atoms with Crippen molar-refractivity contribution in [3.63, 3.8) is 0 Å². The highest BCUT2D eigenvalue weighted by Crippen LogP contribution is 2.25. The number of aryl methyl sites for hydroxylation is 2. The van der Waals surface area contributed by atoms with Crippen LogP contribution in [0.3, 0.4) is 0 Å². The minimum atomic E-state index is 0.0159. The number of thiazole rings is 1. The summed E-state index contributed by atoms with van der Waals surface area (Å²) in [5.41, 5.74) is 2.20. The van der Waals surface area contributed by atoms with Crippen LogP contribution in [0.15, 0.2) is 12.5 Å². The van der Waals surface area contributed by atoms with Crippen LogP contribution in [-0.2, 0) is 17.6 Å². The average Bonchev–Trinajstić information content (AvgIpc) is 2.96. The van der Waals surface area contributed by atoms with Gasteiger partial charge in [0.25, 0.3) is 0 Å². The summed E-state index contributed by atoms with van der Waals surface area (Å²) in [7, 11) is 0. The summed E-state index contributed by atoms with van der Waals surface area (Å²) in [4.78, 5) is 24.7. The number of carbonyl (C=O) groups excluding carboxylic acids is 1. The van der Waals surface area contributed by atoms with E-state index in [9.17, 15) is 4.79 Å². The van der Waals surface area contributed by atoms with Crippen LogP contribution in [0.25, 0.3) is 0 Å². The first kappa shape index (κ1) is 11.4. The molecule has 5 nitrogen and oxygen atoms in total. The summed E-state index contributed by atoms with van der Waals surface area (Å²) in [6, 6.07) is 0. The van der Waals surface area contributed by atoms with E-state index in [1.54, 1.807) is 12.5 Å². The highest BCUT2D eigenvalue weighted by molar-refractivity contribution is 7.15. The van der Waals surface area contributed by atoms with E-state index >= 15 is 0 Å². The molecule has 1 amide bonds. The van der Waals surface area contributed by atoms with Crippen molar-refractivity contribution in [2.24, 2.45) is 5.92 Å². The van der Waals surface area contributed by atoms with Crippen molar-refractivity contribution in [1.82, 2.24) is 15.0 Å². The molecule has 0 spiro atoms. The molecule has 6 heteroatoms. The Hall–Kier alpha value is -1.69. The quantitative estimate of drug-likeness (QED) is 0.868. The maximum atomic E-state index is 12.1. The number of hydrogen-bond acceptors (Lipinski definition) is 4. The van der Waals surface area contributed by atoms with E-state index in [-0.39, 0.29) is 11.8 Å². The zero-order valence-corrected chi connectivity index (χ0v) is 10.9. The molecule has 0 fully saturated rings. The molecule has 1 atom stereocenters. The van der Waals surface area contributed by atoms with Crippen LogP contribution < -0.4 is 5.32 Å². The molecular formula is C12H14N4OS. The molecule has 0 radical (unpaired) electrons. The molecule has 1 unspecified atom stereocenters. The lowest BCUT2D eigenvalue weighted by molar-refractivity contribution is -0.120. The van der Waals surface area contributed by atoms with Gasteiger partial charge in [-0.05, 0) is 19.8 Å². The second kappa shape index (κ2) is 4.53. The SMILES string of the molecule is Cc1cnc(NC(=O)C2CCc3nc[nH]c3C2)s1. The van der Waals surface area contributed by atoms with Crippen LogP contribution in [0.4, 0.5) is 5.13 Å². The van der Waals surface area contributed by atoms with Gasteiger partial charge in [-0.2, -0.15) is 0 Å². The number of H-pyrrole nitrogens is 1. The summed E-state index contributed by atoms with van der Waals surface area (Å²) in [5, 5.41) is 3.58. The minimum absolute atomic E-state index is 0.0159. The van der Waals surface area contributed by atoms with Gasteiger partial charge in [-0.1, -0.05) is 0 Å². The number of anilines is 1. The molecular weight excluding hydrogens is 248 g/mol. The maximum Gasteiger partial charge on any atom is 0.229 e. The third-order valence-corrected chi connectivity index (χ3v) is 4.04. The van der Waals surface area contributed by atoms with Gasteiger partial charge in [-0.3, -0.25) is 4.79 Å². The van der Waals surface area contributed by atoms with Crippen LogP contribution >= 0.6 is 11.3 Å². The first-order chi connectivity index (χ1) is 8.72. The Morgan fingerprint density at radius 2 is 2.44 bits per heavy atom. The Morgan fingerprint density at radius 3 is 3.22 bits per heavy atom. The van der Waals surface area contributed by atoms with Gasteiger partial charge in [0.2, 0.25) is 5.91 Å². The Balaban J connectivity index is 1.67. The summed E-state index contributed by atoms with van der Waals surface area (Å²) < 4.78 is 0. The molecule has 3 rings (SSSR count). The average molecular weight is 262 g/mol. The summed E-state index contributed by atoms with van der Waals surface area (Å²) in [5.74, 6) is 0.0757. The maximum absolute atomic E-state index is 12.1. The predicted octanol–water partition coefficient (Wildman–Crippen LogP) is 1.92. The van der Waals surface area contributed by atoms with Gasteiger partial charge in [-0.15, -0.1) is 11.3 Å². The Kier molecular flexibility index (Phi) is 2.87. The Labute approximate surface area is 109 Å². The van der Waals surface area contributed by atoms with E-state index in [2.05, 4.69) is 20.3 Å². The third-order valence-electron chi connectivity index (χ3n) is 3.21. The molecule has 0 aliphatic heterocycles. The van der Waals surface area contributed by atoms with Crippen molar-refractivity contribution in [2.75, 3.05) is 5.32 Å². The molecule has 2 N–H and O–H groups in total. The van der Waals surface area contributed by atoms with E-state index in [4.69, 9.17) is 0 Å². The highest BCUT2D eigenvalue weighted by atomic mass is 32.1. The summed E-state index contributed by atoms with van der Waals surface area (Å²) in [6.07, 6.45) is 5.94. The number of hydrogen-bond donors (Lipinski definition) is 2. The fraction of sp³-hybridized carbons (Fsp3) is 0.417. The number of rotatable bonds is 2. The van der Waals surface area contributed by atoms with Gasteiger partial charge < -0.3 is 10.3 Å². The molecule has 0 bridgehead atoms. The van der Waals surface area contributed by atoms with Crippen molar-refractivity contribution in [2.45, 2.75) is 26.2 Å². The number of nitrogens with one attached hydrogen (secondary N) is 2. The van der Waals surface area contributed by atoms with Crippen molar-refractivity contribution >= 4 is 22.4 Å². The largest absolute Gasteiger partial charge is 0.348 e. The molecule has 1 aliphatic rings. The number of aromatic nitrogens is 3. The lowest BCUT2D eigenvalue weighted by Crippen LogP contribution is -2.28. The topological polar surface area (TPSA) is 70.7 Å². The van der Waals surface area contributed by atoms with E-state index in [0.717, 1.165) is 35.5 Å². The number of amides is 1. The van der Waals surface area contributed by atoms with Crippen molar-refractivity contribution in [1.29, 1.82) is 0 Å². The number of fused-ring (bicyclic) bond motifs is 1. The zero-order valence-electron chi connectivity index (χ0n) is 10.1. The van der Waals surface area contributed by atoms with Gasteiger partial charge in [-0.25, -0.2) is 9.97 Å². The van der Waals surface area contributed by atoms with Crippen LogP contribution in [-0.4, -0.2) is 20.9 Å². The minimum Gasteiger partial charge on any atom is -0.348 e. The second-order valence-corrected chi connectivity index (χ2v) is 5.77. The standard InChI is InChI=1S/C12H14N4OS/c1-7-5-13-12(18-7)16-11(17)8-2-3-9-10(4-8)15-6-14-9/h5-6,8H,2-4H2,1H3,(H,14,15)(H,13,16,17). The van der Waals surface area contributed by atoms with Gasteiger partial charge in [0.15, 0.2) is 5.13 Å². The molecule has 0 saturated heterocycles. The molecule has 0 saturated carbocycles. The fourth-order valence-corrected chi connectivity index (χ4v) is 2.91. The van der Waals surface area contributed by atoms with Gasteiger partial charge in [0, 0.05) is 29.1 Å². The van der Waals surface area contributed by atoms with E-state index in [1.807, 2.05) is 6.92 Å². The number of nitrogens with zero attached hydrogens (tertiary/aromatic N) is 2. The molecule has 2 heterocycles. The van der Waals surface area contributed by atoms with Gasteiger partial charge >= 0.3 is 0 Å².